The van der Waals surface area contributed by atoms with Gasteiger partial charge in [-0.1, -0.05) is 23.5 Å². The number of thiazole rings is 1. The zero-order valence-electron chi connectivity index (χ0n) is 23.5. The molecule has 3 aromatic rings. The van der Waals surface area contributed by atoms with Gasteiger partial charge in [0.25, 0.3) is 0 Å². The average Bonchev–Trinajstić information content (AvgIpc) is 3.09. The predicted molar refractivity (Wildman–Crippen MR) is 160 cm³/mol. The summed E-state index contributed by atoms with van der Waals surface area (Å²) >= 11 is 1.03. The normalized spacial score (nSPS) is 16.0. The molecule has 0 bridgehead atoms. The van der Waals surface area contributed by atoms with Crippen LogP contribution in [0.3, 0.4) is 0 Å². The van der Waals surface area contributed by atoms with E-state index >= 15 is 0 Å². The Hall–Kier alpha value is -3.82. The first-order valence-corrected chi connectivity index (χ1v) is 16.1. The molecule has 1 saturated heterocycles. The number of benzene rings is 1. The average molecular weight is 615 g/mol. The molecule has 0 radical (unpaired) electrons. The number of anilines is 4. The minimum absolute atomic E-state index is 0.0497. The number of aryl methyl sites for hydroxylation is 1. The molecule has 0 atom stereocenters. The maximum atomic E-state index is 12.1. The van der Waals surface area contributed by atoms with Crippen LogP contribution in [0.2, 0.25) is 0 Å². The summed E-state index contributed by atoms with van der Waals surface area (Å²) in [6, 6.07) is 6.51. The van der Waals surface area contributed by atoms with Gasteiger partial charge in [0, 0.05) is 51.8 Å². The second-order valence-corrected chi connectivity index (χ2v) is 13.0. The van der Waals surface area contributed by atoms with Crippen molar-refractivity contribution in [3.63, 3.8) is 0 Å². The quantitative estimate of drug-likeness (QED) is 0.357. The van der Waals surface area contributed by atoms with E-state index in [9.17, 15) is 23.1 Å². The fraction of sp³-hybridized carbons (Fsp3) is 0.444. The number of amides is 1. The van der Waals surface area contributed by atoms with Crippen molar-refractivity contribution in [2.24, 2.45) is 5.14 Å². The maximum Gasteiger partial charge on any atom is 0.347 e. The number of rotatable bonds is 7. The number of carbonyl (C=O) groups excluding carboxylic acids is 1. The smallest absolute Gasteiger partial charge is 0.347 e. The first kappa shape index (κ1) is 29.7. The van der Waals surface area contributed by atoms with E-state index < -0.39 is 16.0 Å². The number of nitrogens with one attached hydrogen (secondary N) is 1. The number of carbonyl (C=O) groups is 2. The van der Waals surface area contributed by atoms with Crippen molar-refractivity contribution in [1.82, 2.24) is 19.9 Å². The second kappa shape index (κ2) is 12.2. The summed E-state index contributed by atoms with van der Waals surface area (Å²) < 4.78 is 23.5. The summed E-state index contributed by atoms with van der Waals surface area (Å²) in [5.74, 6) is 0.860. The van der Waals surface area contributed by atoms with E-state index in [0.717, 1.165) is 72.9 Å². The highest BCUT2D eigenvalue weighted by Crippen LogP contribution is 2.35. The number of nitrogens with zero attached hydrogens (tertiary/aromatic N) is 6. The Bertz CT molecular complexity index is 1590. The standard InChI is InChI=1S/C27H34N8O5S2/c1-17-22(25(37)38)41-27(29-17)32-26-30-23(34-13-5-12-33(14-15-34)18(2)36)21-6-3-4-11-35(24(21)31-26)16-19-7-9-20(10-8-19)42(28,39)40/h7-10H,3-6,11-16H2,1-2H3,(H,37,38)(H2,28,39,40)(H,29,30,31,32). The number of sulfonamides is 1. The number of aromatic nitrogens is 3. The first-order chi connectivity index (χ1) is 20.0. The van der Waals surface area contributed by atoms with Gasteiger partial charge in [-0.25, -0.2) is 23.3 Å². The van der Waals surface area contributed by atoms with Gasteiger partial charge in [0.1, 0.15) is 16.5 Å². The van der Waals surface area contributed by atoms with E-state index in [4.69, 9.17) is 15.1 Å². The van der Waals surface area contributed by atoms with Crippen LogP contribution >= 0.6 is 11.3 Å². The topological polar surface area (TPSA) is 175 Å². The summed E-state index contributed by atoms with van der Waals surface area (Å²) in [5.41, 5.74) is 2.32. The number of hydrogen-bond acceptors (Lipinski definition) is 11. The van der Waals surface area contributed by atoms with Crippen LogP contribution in [0.1, 0.15) is 52.7 Å². The van der Waals surface area contributed by atoms with Crippen LogP contribution in [0.25, 0.3) is 0 Å². The molecule has 0 aliphatic carbocycles. The molecular formula is C27H34N8O5S2. The van der Waals surface area contributed by atoms with Crippen molar-refractivity contribution in [2.75, 3.05) is 47.8 Å². The van der Waals surface area contributed by atoms with Crippen molar-refractivity contribution in [2.45, 2.75) is 51.0 Å². The van der Waals surface area contributed by atoms with E-state index in [2.05, 4.69) is 20.1 Å². The lowest BCUT2D eigenvalue weighted by atomic mass is 10.1. The highest BCUT2D eigenvalue weighted by molar-refractivity contribution is 7.89. The molecule has 42 heavy (non-hydrogen) atoms. The first-order valence-electron chi connectivity index (χ1n) is 13.8. The predicted octanol–water partition coefficient (Wildman–Crippen LogP) is 2.73. The third-order valence-corrected chi connectivity index (χ3v) is 9.43. The van der Waals surface area contributed by atoms with Gasteiger partial charge in [-0.15, -0.1) is 0 Å². The molecule has 2 aliphatic rings. The lowest BCUT2D eigenvalue weighted by Crippen LogP contribution is -2.34. The van der Waals surface area contributed by atoms with Crippen molar-refractivity contribution < 1.29 is 23.1 Å². The molecule has 2 aromatic heterocycles. The molecule has 15 heteroatoms. The SMILES string of the molecule is CC(=O)N1CCCN(c2nc(Nc3nc(C)c(C(=O)O)s3)nc3c2CCCCN3Cc2ccc(S(N)(=O)=O)cc2)CC1. The third kappa shape index (κ3) is 6.63. The monoisotopic (exact) mass is 614 g/mol. The van der Waals surface area contributed by atoms with Crippen LogP contribution in [0.5, 0.6) is 0 Å². The second-order valence-electron chi connectivity index (χ2n) is 10.5. The molecule has 4 heterocycles. The number of carboxylic acid groups (broad SMARTS) is 1. The molecule has 2 aliphatic heterocycles. The molecule has 13 nitrogen and oxygen atoms in total. The Balaban J connectivity index is 1.54. The summed E-state index contributed by atoms with van der Waals surface area (Å²) in [4.78, 5) is 44.3. The zero-order chi connectivity index (χ0) is 30.0. The molecule has 1 fully saturated rings. The van der Waals surface area contributed by atoms with Crippen LogP contribution in [-0.4, -0.2) is 78.0 Å². The summed E-state index contributed by atoms with van der Waals surface area (Å²) in [7, 11) is -3.79. The van der Waals surface area contributed by atoms with E-state index in [0.29, 0.717) is 43.0 Å². The number of primary sulfonamides is 1. The minimum Gasteiger partial charge on any atom is -0.477 e. The number of fused-ring (bicyclic) bond motifs is 1. The van der Waals surface area contributed by atoms with Crippen LogP contribution in [-0.2, 0) is 27.8 Å². The van der Waals surface area contributed by atoms with E-state index in [1.54, 1.807) is 26.0 Å². The van der Waals surface area contributed by atoms with Gasteiger partial charge in [-0.05, 0) is 50.3 Å². The van der Waals surface area contributed by atoms with Crippen molar-refractivity contribution in [3.05, 3.63) is 46.0 Å². The van der Waals surface area contributed by atoms with Gasteiger partial charge in [0.05, 0.1) is 10.6 Å². The zero-order valence-corrected chi connectivity index (χ0v) is 25.2. The Morgan fingerprint density at radius 2 is 1.74 bits per heavy atom. The van der Waals surface area contributed by atoms with Gasteiger partial charge >= 0.3 is 5.97 Å². The molecule has 0 unspecified atom stereocenters. The van der Waals surface area contributed by atoms with Crippen molar-refractivity contribution in [3.8, 4) is 0 Å². The lowest BCUT2D eigenvalue weighted by molar-refractivity contribution is -0.128. The van der Waals surface area contributed by atoms with E-state index in [-0.39, 0.29) is 15.7 Å². The molecule has 0 spiro atoms. The van der Waals surface area contributed by atoms with Crippen LogP contribution in [0, 0.1) is 6.92 Å². The number of aromatic carboxylic acids is 1. The molecule has 0 saturated carbocycles. The van der Waals surface area contributed by atoms with Crippen molar-refractivity contribution >= 4 is 56.0 Å². The van der Waals surface area contributed by atoms with Crippen molar-refractivity contribution in [1.29, 1.82) is 0 Å². The minimum atomic E-state index is -3.79. The van der Waals surface area contributed by atoms with Gasteiger partial charge in [0.15, 0.2) is 5.13 Å². The van der Waals surface area contributed by atoms with Crippen LogP contribution < -0.4 is 20.3 Å². The highest BCUT2D eigenvalue weighted by atomic mass is 32.2. The third-order valence-electron chi connectivity index (χ3n) is 7.44. The van der Waals surface area contributed by atoms with Gasteiger partial charge in [-0.3, -0.25) is 10.1 Å². The Labute approximate surface area is 248 Å². The summed E-state index contributed by atoms with van der Waals surface area (Å²) in [6.07, 6.45) is 3.45. The largest absolute Gasteiger partial charge is 0.477 e. The molecule has 4 N–H and O–H groups in total. The van der Waals surface area contributed by atoms with Gasteiger partial charge in [0.2, 0.25) is 21.9 Å². The highest BCUT2D eigenvalue weighted by Gasteiger charge is 2.27. The summed E-state index contributed by atoms with van der Waals surface area (Å²) in [5, 5.41) is 18.3. The van der Waals surface area contributed by atoms with Gasteiger partial charge < -0.3 is 19.8 Å². The molecular weight excluding hydrogens is 580 g/mol. The fourth-order valence-corrected chi connectivity index (χ4v) is 6.63. The molecule has 1 aromatic carbocycles. The lowest BCUT2D eigenvalue weighted by Gasteiger charge is -2.29. The molecule has 224 valence electrons. The summed E-state index contributed by atoms with van der Waals surface area (Å²) in [6.45, 7) is 7.07. The van der Waals surface area contributed by atoms with Crippen LogP contribution in [0.15, 0.2) is 29.2 Å². The number of nitrogens with two attached hydrogens (primary N) is 1. The van der Waals surface area contributed by atoms with Gasteiger partial charge in [-0.2, -0.15) is 9.97 Å². The van der Waals surface area contributed by atoms with E-state index in [1.807, 2.05) is 4.90 Å². The number of carboxylic acids is 1. The fourth-order valence-electron chi connectivity index (χ4n) is 5.32. The Morgan fingerprint density at radius 3 is 2.40 bits per heavy atom. The van der Waals surface area contributed by atoms with E-state index in [1.165, 1.54) is 12.1 Å². The Kier molecular flexibility index (Phi) is 8.61. The van der Waals surface area contributed by atoms with Crippen LogP contribution in [0.4, 0.5) is 22.7 Å². The number of hydrogen-bond donors (Lipinski definition) is 3. The molecule has 1 amide bonds. The molecule has 5 rings (SSSR count). The maximum absolute atomic E-state index is 12.1. The Morgan fingerprint density at radius 1 is 1.00 bits per heavy atom.